The second-order valence-corrected chi connectivity index (χ2v) is 10.0. The van der Waals surface area contributed by atoms with Crippen molar-refractivity contribution in [3.05, 3.63) is 88.2 Å². The van der Waals surface area contributed by atoms with Crippen LogP contribution in [0.15, 0.2) is 71.1 Å². The van der Waals surface area contributed by atoms with E-state index in [1.807, 2.05) is 0 Å². The fourth-order valence-corrected chi connectivity index (χ4v) is 4.79. The average Bonchev–Trinajstić information content (AvgIpc) is 2.85. The first-order valence-electron chi connectivity index (χ1n) is 11.1. The van der Waals surface area contributed by atoms with E-state index in [2.05, 4.69) is 5.32 Å². The number of halogens is 2. The Kier molecular flexibility index (Phi) is 7.51. The van der Waals surface area contributed by atoms with Gasteiger partial charge in [0.2, 0.25) is 5.75 Å². The lowest BCUT2D eigenvalue weighted by Gasteiger charge is -2.26. The van der Waals surface area contributed by atoms with E-state index in [0.29, 0.717) is 4.90 Å². The number of barbiturate groups is 1. The third kappa shape index (κ3) is 5.53. The third-order valence-electron chi connectivity index (χ3n) is 5.33. The van der Waals surface area contributed by atoms with Gasteiger partial charge in [-0.15, -0.1) is 0 Å². The van der Waals surface area contributed by atoms with Gasteiger partial charge in [-0.05, 0) is 74.0 Å². The Balaban J connectivity index is 1.72. The molecular weight excluding hydrogens is 539 g/mol. The number of carbonyl (C=O) groups excluding carboxylic acids is 3. The highest BCUT2D eigenvalue weighted by atomic mass is 35.5. The van der Waals surface area contributed by atoms with Crippen molar-refractivity contribution in [3.63, 3.8) is 0 Å². The minimum atomic E-state index is -4.27. The summed E-state index contributed by atoms with van der Waals surface area (Å²) in [4.78, 5) is 38.5. The predicted octanol–water partition coefficient (Wildman–Crippen LogP) is 4.62. The number of hydrogen-bond acceptors (Lipinski definition) is 7. The van der Waals surface area contributed by atoms with Crippen LogP contribution in [0, 0.1) is 12.7 Å². The number of carbonyl (C=O) groups is 3. The molecule has 1 aliphatic rings. The van der Waals surface area contributed by atoms with Crippen LogP contribution in [0.5, 0.6) is 11.5 Å². The van der Waals surface area contributed by atoms with Gasteiger partial charge < -0.3 is 8.92 Å². The number of anilines is 1. The molecule has 0 saturated carbocycles. The zero-order chi connectivity index (χ0) is 27.6. The standard InChI is InChI=1S/C26H20ClFN2O7S/c1-3-36-22-14-16(13-21(27)23(22)37-38(34,35)19-10-4-15(2)5-11-19)12-20-24(31)29-26(33)30(25(20)32)18-8-6-17(28)7-9-18/h4-14H,3H2,1-2H3,(H,29,31,33)/b20-12+. The van der Waals surface area contributed by atoms with Crippen molar-refractivity contribution in [2.24, 2.45) is 0 Å². The van der Waals surface area contributed by atoms with Crippen molar-refractivity contribution >= 4 is 51.3 Å². The molecule has 4 amide bonds. The number of nitrogens with one attached hydrogen (secondary N) is 1. The second-order valence-electron chi connectivity index (χ2n) is 8.05. The highest BCUT2D eigenvalue weighted by molar-refractivity contribution is 7.87. The summed E-state index contributed by atoms with van der Waals surface area (Å²) in [6.07, 6.45) is 1.16. The van der Waals surface area contributed by atoms with Gasteiger partial charge in [-0.2, -0.15) is 8.42 Å². The summed E-state index contributed by atoms with van der Waals surface area (Å²) in [5.74, 6) is -2.83. The zero-order valence-electron chi connectivity index (χ0n) is 20.0. The molecule has 3 aromatic rings. The van der Waals surface area contributed by atoms with Gasteiger partial charge in [0.05, 0.1) is 17.3 Å². The Labute approximate surface area is 222 Å². The molecule has 196 valence electrons. The quantitative estimate of drug-likeness (QED) is 0.255. The first-order chi connectivity index (χ1) is 18.0. The molecule has 0 bridgehead atoms. The lowest BCUT2D eigenvalue weighted by atomic mass is 10.1. The minimum Gasteiger partial charge on any atom is -0.490 e. The van der Waals surface area contributed by atoms with Crippen LogP contribution in [-0.4, -0.2) is 32.9 Å². The molecule has 0 unspecified atom stereocenters. The first kappa shape index (κ1) is 26.8. The monoisotopic (exact) mass is 558 g/mol. The van der Waals surface area contributed by atoms with Crippen molar-refractivity contribution in [3.8, 4) is 11.5 Å². The fourth-order valence-electron chi connectivity index (χ4n) is 3.53. The number of imide groups is 2. The lowest BCUT2D eigenvalue weighted by molar-refractivity contribution is -0.122. The van der Waals surface area contributed by atoms with Crippen molar-refractivity contribution in [2.45, 2.75) is 18.7 Å². The van der Waals surface area contributed by atoms with Gasteiger partial charge in [0.25, 0.3) is 11.8 Å². The normalized spacial score (nSPS) is 15.0. The van der Waals surface area contributed by atoms with Crippen LogP contribution in [0.1, 0.15) is 18.1 Å². The van der Waals surface area contributed by atoms with Crippen LogP contribution in [-0.2, 0) is 19.7 Å². The smallest absolute Gasteiger partial charge is 0.339 e. The van der Waals surface area contributed by atoms with E-state index < -0.39 is 39.4 Å². The zero-order valence-corrected chi connectivity index (χ0v) is 21.6. The SMILES string of the molecule is CCOc1cc(/C=C2\C(=O)NC(=O)N(c3ccc(F)cc3)C2=O)cc(Cl)c1OS(=O)(=O)c1ccc(C)cc1. The summed E-state index contributed by atoms with van der Waals surface area (Å²) in [5.41, 5.74) is 0.666. The van der Waals surface area contributed by atoms with E-state index in [9.17, 15) is 27.2 Å². The third-order valence-corrected chi connectivity index (χ3v) is 6.85. The summed E-state index contributed by atoms with van der Waals surface area (Å²) in [7, 11) is -4.27. The first-order valence-corrected chi connectivity index (χ1v) is 12.9. The van der Waals surface area contributed by atoms with Gasteiger partial charge in [-0.3, -0.25) is 14.9 Å². The molecule has 0 spiro atoms. The molecule has 1 aliphatic heterocycles. The summed E-state index contributed by atoms with van der Waals surface area (Å²) < 4.78 is 49.8. The largest absolute Gasteiger partial charge is 0.490 e. The van der Waals surface area contributed by atoms with Crippen molar-refractivity contribution in [2.75, 3.05) is 11.5 Å². The van der Waals surface area contributed by atoms with Crippen molar-refractivity contribution < 1.29 is 36.1 Å². The summed E-state index contributed by atoms with van der Waals surface area (Å²) in [6.45, 7) is 3.58. The average molecular weight is 559 g/mol. The predicted molar refractivity (Wildman–Crippen MR) is 137 cm³/mol. The number of aryl methyl sites for hydroxylation is 1. The summed E-state index contributed by atoms with van der Waals surface area (Å²) >= 11 is 6.36. The Bertz CT molecular complexity index is 1570. The Morgan fingerprint density at radius 1 is 1.03 bits per heavy atom. The van der Waals surface area contributed by atoms with E-state index in [4.69, 9.17) is 20.5 Å². The van der Waals surface area contributed by atoms with Gasteiger partial charge in [-0.25, -0.2) is 14.1 Å². The number of hydrogen-bond donors (Lipinski definition) is 1. The van der Waals surface area contributed by atoms with Crippen LogP contribution >= 0.6 is 11.6 Å². The van der Waals surface area contributed by atoms with E-state index in [1.54, 1.807) is 26.0 Å². The molecule has 0 radical (unpaired) electrons. The van der Waals surface area contributed by atoms with Crippen LogP contribution in [0.4, 0.5) is 14.9 Å². The number of nitrogens with zero attached hydrogens (tertiary/aromatic N) is 1. The Morgan fingerprint density at radius 3 is 2.32 bits per heavy atom. The number of amides is 4. The molecule has 1 N–H and O–H groups in total. The molecule has 1 fully saturated rings. The molecule has 1 saturated heterocycles. The maximum absolute atomic E-state index is 13.3. The number of ether oxygens (including phenoxy) is 1. The molecule has 0 aromatic heterocycles. The maximum atomic E-state index is 13.3. The van der Waals surface area contributed by atoms with Gasteiger partial charge in [0, 0.05) is 0 Å². The highest BCUT2D eigenvalue weighted by Crippen LogP contribution is 2.39. The topological polar surface area (TPSA) is 119 Å². The minimum absolute atomic E-state index is 0.0467. The molecular formula is C26H20ClFN2O7S. The van der Waals surface area contributed by atoms with Gasteiger partial charge in [0.15, 0.2) is 5.75 Å². The van der Waals surface area contributed by atoms with E-state index in [0.717, 1.165) is 23.8 Å². The van der Waals surface area contributed by atoms with E-state index >= 15 is 0 Å². The molecule has 0 aliphatic carbocycles. The fraction of sp³-hybridized carbons (Fsp3) is 0.115. The Hall–Kier alpha value is -4.22. The summed E-state index contributed by atoms with van der Waals surface area (Å²) in [6, 6.07) is 12.2. The lowest BCUT2D eigenvalue weighted by Crippen LogP contribution is -2.54. The molecule has 12 heteroatoms. The summed E-state index contributed by atoms with van der Waals surface area (Å²) in [5, 5.41) is 1.89. The van der Waals surface area contributed by atoms with Crippen LogP contribution in [0.2, 0.25) is 5.02 Å². The molecule has 9 nitrogen and oxygen atoms in total. The number of urea groups is 1. The van der Waals surface area contributed by atoms with Crippen LogP contribution in [0.3, 0.4) is 0 Å². The molecule has 0 atom stereocenters. The maximum Gasteiger partial charge on any atom is 0.339 e. The van der Waals surface area contributed by atoms with E-state index in [-0.39, 0.29) is 39.3 Å². The second kappa shape index (κ2) is 10.6. The van der Waals surface area contributed by atoms with Crippen molar-refractivity contribution in [1.29, 1.82) is 0 Å². The molecule has 3 aromatic carbocycles. The molecule has 38 heavy (non-hydrogen) atoms. The van der Waals surface area contributed by atoms with Gasteiger partial charge in [0.1, 0.15) is 16.3 Å². The van der Waals surface area contributed by atoms with Crippen LogP contribution in [0.25, 0.3) is 6.08 Å². The van der Waals surface area contributed by atoms with E-state index in [1.165, 1.54) is 36.4 Å². The van der Waals surface area contributed by atoms with Crippen molar-refractivity contribution in [1.82, 2.24) is 5.32 Å². The van der Waals surface area contributed by atoms with Gasteiger partial charge >= 0.3 is 16.1 Å². The molecule has 1 heterocycles. The van der Waals surface area contributed by atoms with Gasteiger partial charge in [-0.1, -0.05) is 29.3 Å². The Morgan fingerprint density at radius 2 is 1.68 bits per heavy atom. The molecule has 4 rings (SSSR count). The van der Waals surface area contributed by atoms with Crippen LogP contribution < -0.4 is 19.1 Å². The number of benzene rings is 3. The number of rotatable bonds is 7. The highest BCUT2D eigenvalue weighted by Gasteiger charge is 2.37.